The van der Waals surface area contributed by atoms with Crippen molar-refractivity contribution >= 4 is 40.1 Å². The number of alkyl halides is 3. The smallest absolute Gasteiger partial charge is 0.356 e. The van der Waals surface area contributed by atoms with Gasteiger partial charge >= 0.3 is 12.2 Å². The lowest BCUT2D eigenvalue weighted by atomic mass is 9.89. The first-order valence-corrected chi connectivity index (χ1v) is 11.2. The zero-order valence-electron chi connectivity index (χ0n) is 17.9. The Hall–Kier alpha value is -3.85. The predicted octanol–water partition coefficient (Wildman–Crippen LogP) is 5.72. The fraction of sp³-hybridized carbons (Fsp3) is 0.160. The molecule has 1 fully saturated rings. The van der Waals surface area contributed by atoms with Crippen molar-refractivity contribution in [2.75, 3.05) is 4.90 Å². The topological polar surface area (TPSA) is 69.3 Å². The van der Waals surface area contributed by atoms with Crippen LogP contribution < -0.4 is 4.90 Å². The molecule has 0 unspecified atom stereocenters. The van der Waals surface area contributed by atoms with E-state index >= 15 is 0 Å². The van der Waals surface area contributed by atoms with Crippen LogP contribution in [0.2, 0.25) is 5.02 Å². The Morgan fingerprint density at radius 1 is 1.06 bits per heavy atom. The van der Waals surface area contributed by atoms with Crippen molar-refractivity contribution in [2.24, 2.45) is 0 Å². The number of urea groups is 1. The number of anilines is 1. The Labute approximate surface area is 201 Å². The lowest BCUT2D eigenvalue weighted by molar-refractivity contribution is -0.137. The Morgan fingerprint density at radius 3 is 2.60 bits per heavy atom. The fourth-order valence-corrected chi connectivity index (χ4v) is 5.29. The Bertz CT molecular complexity index is 1500. The van der Waals surface area contributed by atoms with Crippen molar-refractivity contribution in [2.45, 2.75) is 24.7 Å². The van der Waals surface area contributed by atoms with Gasteiger partial charge in [0.25, 0.3) is 5.91 Å². The molecule has 35 heavy (non-hydrogen) atoms. The van der Waals surface area contributed by atoms with E-state index in [0.717, 1.165) is 39.2 Å². The van der Waals surface area contributed by atoms with Gasteiger partial charge in [0.2, 0.25) is 0 Å². The molecule has 2 aliphatic rings. The van der Waals surface area contributed by atoms with Gasteiger partial charge in [0.15, 0.2) is 0 Å². The van der Waals surface area contributed by atoms with Crippen LogP contribution in [-0.2, 0) is 17.4 Å². The first-order chi connectivity index (χ1) is 16.8. The van der Waals surface area contributed by atoms with Crippen LogP contribution in [0.15, 0.2) is 67.0 Å². The van der Waals surface area contributed by atoms with Crippen LogP contribution in [0.1, 0.15) is 28.4 Å². The molecule has 1 N–H and O–H groups in total. The summed E-state index contributed by atoms with van der Waals surface area (Å²) in [6.45, 7) is 0. The summed E-state index contributed by atoms with van der Waals surface area (Å²) >= 11 is 5.76. The van der Waals surface area contributed by atoms with Gasteiger partial charge in [0, 0.05) is 35.4 Å². The third-order valence-electron chi connectivity index (χ3n) is 6.56. The van der Waals surface area contributed by atoms with Gasteiger partial charge < -0.3 is 4.98 Å². The van der Waals surface area contributed by atoms with Crippen molar-refractivity contribution in [3.63, 3.8) is 0 Å². The van der Waals surface area contributed by atoms with E-state index in [1.807, 2.05) is 24.3 Å². The number of carbonyl (C=O) groups is 2. The van der Waals surface area contributed by atoms with Crippen molar-refractivity contribution < 1.29 is 22.8 Å². The van der Waals surface area contributed by atoms with Crippen molar-refractivity contribution in [3.05, 3.63) is 94.4 Å². The number of aromatic nitrogens is 2. The van der Waals surface area contributed by atoms with E-state index in [9.17, 15) is 22.8 Å². The minimum Gasteiger partial charge on any atom is -0.356 e. The summed E-state index contributed by atoms with van der Waals surface area (Å²) in [5.41, 5.74) is 1.92. The summed E-state index contributed by atoms with van der Waals surface area (Å²) in [6, 6.07) is 12.0. The monoisotopic (exact) mass is 496 g/mol. The normalized spacial score (nSPS) is 19.9. The molecule has 0 bridgehead atoms. The van der Waals surface area contributed by atoms with E-state index in [0.29, 0.717) is 5.56 Å². The molecule has 4 heterocycles. The molecule has 6 rings (SSSR count). The number of para-hydroxylation sites is 1. The molecule has 0 aliphatic carbocycles. The molecule has 2 aliphatic heterocycles. The molecule has 4 aromatic rings. The number of hydrogen-bond acceptors (Lipinski definition) is 3. The van der Waals surface area contributed by atoms with E-state index < -0.39 is 40.8 Å². The number of benzene rings is 2. The van der Waals surface area contributed by atoms with Gasteiger partial charge in [-0.25, -0.2) is 9.69 Å². The van der Waals surface area contributed by atoms with Crippen molar-refractivity contribution in [1.29, 1.82) is 0 Å². The highest BCUT2D eigenvalue weighted by molar-refractivity contribution is 6.31. The zero-order valence-corrected chi connectivity index (χ0v) is 18.6. The summed E-state index contributed by atoms with van der Waals surface area (Å²) in [7, 11) is 0. The summed E-state index contributed by atoms with van der Waals surface area (Å²) < 4.78 is 40.4. The number of amides is 3. The number of nitrogens with zero attached hydrogens (tertiary/aromatic N) is 3. The van der Waals surface area contributed by atoms with Gasteiger partial charge in [-0.1, -0.05) is 35.9 Å². The van der Waals surface area contributed by atoms with Crippen LogP contribution >= 0.6 is 11.6 Å². The Morgan fingerprint density at radius 2 is 1.86 bits per heavy atom. The number of pyridine rings is 1. The molecular formula is C25H16ClF3N4O2. The largest absolute Gasteiger partial charge is 0.417 e. The summed E-state index contributed by atoms with van der Waals surface area (Å²) in [6.07, 6.45) is -1.28. The highest BCUT2D eigenvalue weighted by Gasteiger charge is 2.53. The van der Waals surface area contributed by atoms with E-state index in [-0.39, 0.29) is 12.1 Å². The maximum absolute atomic E-state index is 13.7. The van der Waals surface area contributed by atoms with Crippen molar-refractivity contribution in [3.8, 4) is 0 Å². The molecule has 0 saturated carbocycles. The second-order valence-electron chi connectivity index (χ2n) is 8.50. The van der Waals surface area contributed by atoms with E-state index in [2.05, 4.69) is 9.97 Å². The molecule has 176 valence electrons. The highest BCUT2D eigenvalue weighted by atomic mass is 35.5. The average molecular weight is 497 g/mol. The lowest BCUT2D eigenvalue weighted by Gasteiger charge is -2.35. The number of rotatable bonds is 2. The molecule has 1 saturated heterocycles. The molecule has 2 aromatic carbocycles. The van der Waals surface area contributed by atoms with Gasteiger partial charge in [-0.2, -0.15) is 13.2 Å². The van der Waals surface area contributed by atoms with Crippen LogP contribution in [0.4, 0.5) is 23.7 Å². The second kappa shape index (κ2) is 7.58. The molecule has 0 spiro atoms. The molecule has 3 amide bonds. The summed E-state index contributed by atoms with van der Waals surface area (Å²) in [5, 5.41) is 0.424. The van der Waals surface area contributed by atoms with Crippen LogP contribution in [0, 0.1) is 0 Å². The molecule has 6 nitrogen and oxygen atoms in total. The Balaban J connectivity index is 1.51. The number of hydrogen-bond donors (Lipinski definition) is 1. The predicted molar refractivity (Wildman–Crippen MR) is 123 cm³/mol. The SMILES string of the molecule is O=C1[C@H]2Cc3c([nH]c4ccccc34)[C@@H](c3cccnc3)N2C(=O)N1c1ccc(Cl)c(C(F)(F)F)c1. The van der Waals surface area contributed by atoms with Crippen molar-refractivity contribution in [1.82, 2.24) is 14.9 Å². The average Bonchev–Trinajstić information content (AvgIpc) is 3.33. The fourth-order valence-electron chi connectivity index (χ4n) is 5.07. The maximum atomic E-state index is 13.7. The van der Waals surface area contributed by atoms with E-state index in [1.54, 1.807) is 24.5 Å². The van der Waals surface area contributed by atoms with Gasteiger partial charge in [-0.05, 0) is 41.5 Å². The van der Waals surface area contributed by atoms with Gasteiger partial charge in [0.05, 0.1) is 16.3 Å². The molecule has 10 heteroatoms. The molecule has 0 radical (unpaired) electrons. The molecular weight excluding hydrogens is 481 g/mol. The number of fused-ring (bicyclic) bond motifs is 4. The molecule has 2 atom stereocenters. The van der Waals surface area contributed by atoms with E-state index in [4.69, 9.17) is 11.6 Å². The van der Waals surface area contributed by atoms with Crippen LogP contribution in [0.3, 0.4) is 0 Å². The zero-order chi connectivity index (χ0) is 24.5. The van der Waals surface area contributed by atoms with Crippen LogP contribution in [0.25, 0.3) is 10.9 Å². The number of halogens is 4. The Kier molecular flexibility index (Phi) is 4.69. The second-order valence-corrected chi connectivity index (χ2v) is 8.90. The summed E-state index contributed by atoms with van der Waals surface area (Å²) in [4.78, 5) is 37.1. The number of aromatic amines is 1. The van der Waals surface area contributed by atoms with Gasteiger partial charge in [-0.15, -0.1) is 0 Å². The van der Waals surface area contributed by atoms with Crippen LogP contribution in [0.5, 0.6) is 0 Å². The third kappa shape index (κ3) is 3.22. The standard InChI is InChI=1S/C25H16ClF3N4O2/c26-18-8-7-14(10-17(18)25(27,28)29)32-23(34)20-11-16-15-5-1-2-6-19(15)31-21(16)22(33(20)24(32)35)13-4-3-9-30-12-13/h1-10,12,20,22,31H,11H2/t20-,22-/m1/s1. The van der Waals surface area contributed by atoms with E-state index in [1.165, 1.54) is 11.0 Å². The third-order valence-corrected chi connectivity index (χ3v) is 6.89. The lowest BCUT2D eigenvalue weighted by Crippen LogP contribution is -2.44. The van der Waals surface area contributed by atoms with Gasteiger partial charge in [0.1, 0.15) is 12.1 Å². The van der Waals surface area contributed by atoms with Gasteiger partial charge in [-0.3, -0.25) is 14.7 Å². The maximum Gasteiger partial charge on any atom is 0.417 e. The highest BCUT2D eigenvalue weighted by Crippen LogP contribution is 2.45. The first kappa shape index (κ1) is 21.7. The van der Waals surface area contributed by atoms with Crippen LogP contribution in [-0.4, -0.2) is 32.8 Å². The number of nitrogens with one attached hydrogen (secondary N) is 1. The quantitative estimate of drug-likeness (QED) is 0.361. The number of imide groups is 1. The minimum atomic E-state index is -4.74. The number of carbonyl (C=O) groups excluding carboxylic acids is 2. The summed E-state index contributed by atoms with van der Waals surface area (Å²) in [5.74, 6) is -0.588. The minimum absolute atomic E-state index is 0.176. The molecule has 2 aromatic heterocycles. The first-order valence-electron chi connectivity index (χ1n) is 10.8. The number of H-pyrrole nitrogens is 1.